The molecule has 8 heavy (non-hydrogen) atoms. The summed E-state index contributed by atoms with van der Waals surface area (Å²) in [6, 6.07) is 0. The van der Waals surface area contributed by atoms with E-state index in [0.717, 1.165) is 19.6 Å². The van der Waals surface area contributed by atoms with Crippen molar-refractivity contribution in [3.8, 4) is 0 Å². The number of nitrogens with one attached hydrogen (secondary N) is 1. The van der Waals surface area contributed by atoms with Crippen LogP contribution in [-0.2, 0) is 0 Å². The van der Waals surface area contributed by atoms with Gasteiger partial charge < -0.3 is 10.2 Å². The summed E-state index contributed by atoms with van der Waals surface area (Å²) in [5, 5.41) is 3.09. The molecule has 0 saturated carbocycles. The number of nitrogens with zero attached hydrogens (tertiary/aromatic N) is 1. The topological polar surface area (TPSA) is 15.3 Å². The zero-order valence-electron chi connectivity index (χ0n) is 6.07. The van der Waals surface area contributed by atoms with Gasteiger partial charge in [-0.2, -0.15) is 0 Å². The van der Waals surface area contributed by atoms with Gasteiger partial charge in [-0.05, 0) is 20.6 Å². The average Bonchev–Trinajstić information content (AvgIpc) is 1.83. The molecular formula is C6H18N2. The lowest BCUT2D eigenvalue weighted by Crippen LogP contribution is -2.26. The first-order valence-corrected chi connectivity index (χ1v) is 3.14. The van der Waals surface area contributed by atoms with E-state index >= 15 is 0 Å². The van der Waals surface area contributed by atoms with Gasteiger partial charge in [-0.1, -0.05) is 6.92 Å². The Hall–Kier alpha value is -0.0800. The average molecular weight is 118 g/mol. The molecule has 0 spiro atoms. The normalized spacial score (nSPS) is 10.5. The Kier molecular flexibility index (Phi) is 5.01. The van der Waals surface area contributed by atoms with Gasteiger partial charge in [0.05, 0.1) is 0 Å². The van der Waals surface area contributed by atoms with Crippen molar-refractivity contribution >= 4 is 0 Å². The second-order valence-corrected chi connectivity index (χ2v) is 2.00. The Morgan fingerprint density at radius 3 is 2.62 bits per heavy atom. The van der Waals surface area contributed by atoms with Crippen molar-refractivity contribution in [3.05, 3.63) is 0 Å². The summed E-state index contributed by atoms with van der Waals surface area (Å²) >= 11 is 0. The van der Waals surface area contributed by atoms with Gasteiger partial charge in [-0.25, -0.2) is 0 Å². The second kappa shape index (κ2) is 5.06. The summed E-state index contributed by atoms with van der Waals surface area (Å²) < 4.78 is 0. The molecule has 0 aromatic carbocycles. The first kappa shape index (κ1) is 7.92. The van der Waals surface area contributed by atoms with Gasteiger partial charge in [0.15, 0.2) is 0 Å². The van der Waals surface area contributed by atoms with E-state index in [1.165, 1.54) is 0 Å². The molecule has 0 aromatic heterocycles. The summed E-state index contributed by atoms with van der Waals surface area (Å²) in [6.45, 7) is 5.54. The number of likely N-dealkylation sites (N-methyl/N-ethyl adjacent to an activating group) is 2. The minimum atomic E-state index is 0. The molecule has 0 atom stereocenters. The maximum Gasteiger partial charge on any atom is 0.0104 e. The first-order valence-electron chi connectivity index (χ1n) is 3.14. The zero-order valence-corrected chi connectivity index (χ0v) is 6.07. The zero-order chi connectivity index (χ0) is 6.41. The molecule has 0 aliphatic heterocycles. The molecule has 0 rings (SSSR count). The smallest absolute Gasteiger partial charge is 0.0104 e. The van der Waals surface area contributed by atoms with E-state index in [9.17, 15) is 0 Å². The lowest BCUT2D eigenvalue weighted by molar-refractivity contribution is 0.354. The fraction of sp³-hybridized carbons (Fsp3) is 1.00. The molecule has 0 radical (unpaired) electrons. The molecule has 0 bridgehead atoms. The molecule has 0 amide bonds. The second-order valence-electron chi connectivity index (χ2n) is 2.00. The van der Waals surface area contributed by atoms with Crippen LogP contribution in [0.1, 0.15) is 8.35 Å². The van der Waals surface area contributed by atoms with Crippen LogP contribution in [-0.4, -0.2) is 38.6 Å². The van der Waals surface area contributed by atoms with E-state index in [1.54, 1.807) is 0 Å². The van der Waals surface area contributed by atoms with Crippen LogP contribution in [0.5, 0.6) is 0 Å². The third-order valence-corrected chi connectivity index (χ3v) is 1.28. The molecule has 0 fully saturated rings. The van der Waals surface area contributed by atoms with E-state index < -0.39 is 0 Å². The van der Waals surface area contributed by atoms with Crippen LogP contribution in [0.25, 0.3) is 0 Å². The molecule has 0 unspecified atom stereocenters. The van der Waals surface area contributed by atoms with Crippen LogP contribution in [0.3, 0.4) is 0 Å². The Morgan fingerprint density at radius 1 is 1.62 bits per heavy atom. The van der Waals surface area contributed by atoms with Crippen molar-refractivity contribution in [3.63, 3.8) is 0 Å². The highest BCUT2D eigenvalue weighted by atomic mass is 15.1. The van der Waals surface area contributed by atoms with Crippen molar-refractivity contribution in [2.24, 2.45) is 0 Å². The van der Waals surface area contributed by atoms with Gasteiger partial charge in [0.1, 0.15) is 0 Å². The maximum absolute atomic E-state index is 3.09. The van der Waals surface area contributed by atoms with Crippen LogP contribution in [0, 0.1) is 0 Å². The van der Waals surface area contributed by atoms with Crippen LogP contribution in [0.2, 0.25) is 0 Å². The molecule has 2 heteroatoms. The fourth-order valence-corrected chi connectivity index (χ4v) is 0.461. The standard InChI is InChI=1S/C6H16N2.H2/c1-4-8(3)6-5-7-2;/h7H,4-6H2,1-3H3;1H. The van der Waals surface area contributed by atoms with Crippen molar-refractivity contribution in [2.75, 3.05) is 33.7 Å². The highest BCUT2D eigenvalue weighted by molar-refractivity contribution is 4.47. The molecule has 52 valence electrons. The number of hydrogen-bond donors (Lipinski definition) is 1. The predicted molar refractivity (Wildman–Crippen MR) is 39.2 cm³/mol. The van der Waals surface area contributed by atoms with Crippen LogP contribution in [0.15, 0.2) is 0 Å². The van der Waals surface area contributed by atoms with Crippen molar-refractivity contribution in [1.82, 2.24) is 10.2 Å². The molecule has 0 aliphatic rings. The largest absolute Gasteiger partial charge is 0.318 e. The van der Waals surface area contributed by atoms with Gasteiger partial charge in [0.2, 0.25) is 0 Å². The summed E-state index contributed by atoms with van der Waals surface area (Å²) in [6.07, 6.45) is 0. The third-order valence-electron chi connectivity index (χ3n) is 1.28. The van der Waals surface area contributed by atoms with Crippen LogP contribution in [0.4, 0.5) is 0 Å². The van der Waals surface area contributed by atoms with Gasteiger partial charge >= 0.3 is 0 Å². The predicted octanol–water partition coefficient (Wildman–Crippen LogP) is 0.404. The molecule has 2 nitrogen and oxygen atoms in total. The van der Waals surface area contributed by atoms with Gasteiger partial charge in [0, 0.05) is 14.5 Å². The monoisotopic (exact) mass is 118 g/mol. The van der Waals surface area contributed by atoms with Crippen molar-refractivity contribution in [1.29, 1.82) is 0 Å². The van der Waals surface area contributed by atoms with E-state index in [1.807, 2.05) is 7.05 Å². The molecule has 1 N–H and O–H groups in total. The summed E-state index contributed by atoms with van der Waals surface area (Å²) in [4.78, 5) is 2.27. The van der Waals surface area contributed by atoms with E-state index in [-0.39, 0.29) is 1.43 Å². The molecule has 0 aromatic rings. The number of hydrogen-bond acceptors (Lipinski definition) is 2. The first-order chi connectivity index (χ1) is 3.81. The van der Waals surface area contributed by atoms with Gasteiger partial charge in [-0.3, -0.25) is 0 Å². The summed E-state index contributed by atoms with van der Waals surface area (Å²) in [5.74, 6) is 0. The minimum Gasteiger partial charge on any atom is -0.318 e. The minimum absolute atomic E-state index is 0. The van der Waals surface area contributed by atoms with Gasteiger partial charge in [-0.15, -0.1) is 0 Å². The van der Waals surface area contributed by atoms with Crippen LogP contribution < -0.4 is 5.32 Å². The van der Waals surface area contributed by atoms with Crippen molar-refractivity contribution in [2.45, 2.75) is 6.92 Å². The van der Waals surface area contributed by atoms with Crippen molar-refractivity contribution < 1.29 is 1.43 Å². The molecule has 0 heterocycles. The third kappa shape index (κ3) is 4.09. The highest BCUT2D eigenvalue weighted by Gasteiger charge is 1.88. The molecule has 0 aliphatic carbocycles. The summed E-state index contributed by atoms with van der Waals surface area (Å²) in [7, 11) is 4.10. The van der Waals surface area contributed by atoms with Gasteiger partial charge in [0.25, 0.3) is 0 Å². The lowest BCUT2D eigenvalue weighted by Gasteiger charge is -2.11. The Bertz CT molecular complexity index is 50.3. The Balaban J connectivity index is 0. The van der Waals surface area contributed by atoms with Crippen LogP contribution >= 0.6 is 0 Å². The Labute approximate surface area is 53.4 Å². The SMILES string of the molecule is CCN(C)CCNC.[HH]. The highest BCUT2D eigenvalue weighted by Crippen LogP contribution is 1.75. The maximum atomic E-state index is 3.09. The number of rotatable bonds is 4. The molecule has 0 saturated heterocycles. The lowest BCUT2D eigenvalue weighted by atomic mass is 10.5. The van der Waals surface area contributed by atoms with E-state index in [4.69, 9.17) is 0 Å². The quantitative estimate of drug-likeness (QED) is 0.575. The summed E-state index contributed by atoms with van der Waals surface area (Å²) in [5.41, 5.74) is 0. The Morgan fingerprint density at radius 2 is 2.25 bits per heavy atom. The fourth-order valence-electron chi connectivity index (χ4n) is 0.461. The van der Waals surface area contributed by atoms with E-state index in [0.29, 0.717) is 0 Å². The van der Waals surface area contributed by atoms with E-state index in [2.05, 4.69) is 24.2 Å². The molecular weight excluding hydrogens is 100 g/mol.